The number of hydrogen-bond acceptors (Lipinski definition) is 5. The highest BCUT2D eigenvalue weighted by molar-refractivity contribution is 5.84. The summed E-state index contributed by atoms with van der Waals surface area (Å²) in [5, 5.41) is 32.0. The highest BCUT2D eigenvalue weighted by atomic mass is 16.4. The van der Waals surface area contributed by atoms with E-state index in [9.17, 15) is 29.1 Å². The Morgan fingerprint density at radius 2 is 1.05 bits per heavy atom. The third kappa shape index (κ3) is 22.5. The van der Waals surface area contributed by atoms with Crippen LogP contribution in [0.5, 0.6) is 0 Å². The summed E-state index contributed by atoms with van der Waals surface area (Å²) in [7, 11) is 0. The number of rotatable bonds is 26. The van der Waals surface area contributed by atoms with E-state index in [1.807, 2.05) is 0 Å². The lowest BCUT2D eigenvalue weighted by Gasteiger charge is -2.14. The maximum atomic E-state index is 12.1. The first kappa shape index (κ1) is 35.4. The second-order valence-corrected chi connectivity index (χ2v) is 10.2. The van der Waals surface area contributed by atoms with E-state index in [-0.39, 0.29) is 37.5 Å². The predicted molar refractivity (Wildman–Crippen MR) is 145 cm³/mol. The van der Waals surface area contributed by atoms with E-state index >= 15 is 0 Å². The first-order valence-corrected chi connectivity index (χ1v) is 14.4. The van der Waals surface area contributed by atoms with Crippen molar-refractivity contribution in [2.24, 2.45) is 5.92 Å². The second kappa shape index (κ2) is 23.5. The largest absolute Gasteiger partial charge is 0.481 e. The van der Waals surface area contributed by atoms with Crippen LogP contribution < -0.4 is 10.6 Å². The molecule has 0 aromatic carbocycles. The highest BCUT2D eigenvalue weighted by Gasteiger charge is 2.20. The Bertz CT molecular complexity index is 698. The molecule has 0 aromatic rings. The molecule has 10 nitrogen and oxygen atoms in total. The van der Waals surface area contributed by atoms with Crippen molar-refractivity contribution in [1.29, 1.82) is 0 Å². The van der Waals surface area contributed by atoms with Gasteiger partial charge in [-0.2, -0.15) is 0 Å². The normalized spacial score (nSPS) is 12.4. The zero-order chi connectivity index (χ0) is 28.6. The molecule has 38 heavy (non-hydrogen) atoms. The van der Waals surface area contributed by atoms with Crippen molar-refractivity contribution in [3.63, 3.8) is 0 Å². The smallest absolute Gasteiger partial charge is 0.326 e. The number of aliphatic carboxylic acids is 3. The molecule has 2 amide bonds. The van der Waals surface area contributed by atoms with Gasteiger partial charge in [0.05, 0.1) is 5.92 Å². The van der Waals surface area contributed by atoms with Crippen LogP contribution in [0.25, 0.3) is 0 Å². The number of carboxylic acids is 3. The molecule has 5 N–H and O–H groups in total. The fourth-order valence-electron chi connectivity index (χ4n) is 4.14. The molecular weight excluding hydrogens is 492 g/mol. The van der Waals surface area contributed by atoms with E-state index in [2.05, 4.69) is 10.6 Å². The van der Waals surface area contributed by atoms with Gasteiger partial charge in [-0.05, 0) is 32.1 Å². The number of carbonyl (C=O) groups is 5. The van der Waals surface area contributed by atoms with Crippen LogP contribution in [0, 0.1) is 5.92 Å². The van der Waals surface area contributed by atoms with Crippen molar-refractivity contribution in [2.75, 3.05) is 6.54 Å². The summed E-state index contributed by atoms with van der Waals surface area (Å²) >= 11 is 0. The molecule has 220 valence electrons. The third-order valence-electron chi connectivity index (χ3n) is 6.65. The number of amides is 2. The summed E-state index contributed by atoms with van der Waals surface area (Å²) in [5.41, 5.74) is 0. The van der Waals surface area contributed by atoms with Gasteiger partial charge in [-0.1, -0.05) is 77.6 Å². The Kier molecular flexibility index (Phi) is 21.8. The molecule has 0 unspecified atom stereocenters. The Morgan fingerprint density at radius 3 is 1.53 bits per heavy atom. The van der Waals surface area contributed by atoms with Gasteiger partial charge in [0.25, 0.3) is 0 Å². The Hall–Kier alpha value is -2.65. The molecule has 10 heteroatoms. The van der Waals surface area contributed by atoms with Crippen molar-refractivity contribution >= 4 is 29.7 Å². The lowest BCUT2D eigenvalue weighted by Crippen LogP contribution is -2.41. The van der Waals surface area contributed by atoms with E-state index in [0.29, 0.717) is 32.2 Å². The molecule has 0 fully saturated rings. The molecule has 0 aliphatic heterocycles. The van der Waals surface area contributed by atoms with Gasteiger partial charge in [0.1, 0.15) is 6.04 Å². The van der Waals surface area contributed by atoms with Gasteiger partial charge in [-0.15, -0.1) is 0 Å². The van der Waals surface area contributed by atoms with Crippen LogP contribution in [0.15, 0.2) is 0 Å². The molecule has 0 heterocycles. The summed E-state index contributed by atoms with van der Waals surface area (Å²) in [6.07, 6.45) is 14.9. The second-order valence-electron chi connectivity index (χ2n) is 10.2. The van der Waals surface area contributed by atoms with Crippen molar-refractivity contribution in [3.8, 4) is 0 Å². The van der Waals surface area contributed by atoms with E-state index in [1.165, 1.54) is 19.3 Å². The lowest BCUT2D eigenvalue weighted by atomic mass is 10.0. The van der Waals surface area contributed by atoms with Crippen LogP contribution in [-0.2, 0) is 24.0 Å². The van der Waals surface area contributed by atoms with Crippen molar-refractivity contribution < 1.29 is 39.3 Å². The van der Waals surface area contributed by atoms with Gasteiger partial charge in [0.15, 0.2) is 0 Å². The molecule has 0 spiro atoms. The number of hydrogen-bond donors (Lipinski definition) is 5. The average Bonchev–Trinajstić information content (AvgIpc) is 2.85. The van der Waals surface area contributed by atoms with Gasteiger partial charge >= 0.3 is 17.9 Å². The standard InChI is InChI=1S/C28H50N2O8/c1-22(27(35)36)16-14-15-21-29-24(31)20-19-23(28(37)38)30-25(32)17-12-10-8-6-4-2-3-5-7-9-11-13-18-26(33)34/h22-23H,2-21H2,1H3,(H,29,31)(H,30,32)(H,33,34)(H,35,36)(H,37,38)/t22-,23-/m0/s1. The Morgan fingerprint density at radius 1 is 0.553 bits per heavy atom. The molecule has 0 saturated carbocycles. The zero-order valence-electron chi connectivity index (χ0n) is 23.2. The van der Waals surface area contributed by atoms with Gasteiger partial charge in [0, 0.05) is 25.8 Å². The fraction of sp³-hybridized carbons (Fsp3) is 0.821. The lowest BCUT2D eigenvalue weighted by molar-refractivity contribution is -0.142. The predicted octanol–water partition coefficient (Wildman–Crippen LogP) is 4.89. The summed E-state index contributed by atoms with van der Waals surface area (Å²) in [4.78, 5) is 56.8. The molecule has 0 radical (unpaired) electrons. The van der Waals surface area contributed by atoms with E-state index in [0.717, 1.165) is 51.4 Å². The summed E-state index contributed by atoms with van der Waals surface area (Å²) in [6, 6.07) is -1.10. The molecule has 0 saturated heterocycles. The van der Waals surface area contributed by atoms with Gasteiger partial charge in [0.2, 0.25) is 11.8 Å². The van der Waals surface area contributed by atoms with Gasteiger partial charge < -0.3 is 26.0 Å². The van der Waals surface area contributed by atoms with Crippen molar-refractivity contribution in [1.82, 2.24) is 10.6 Å². The summed E-state index contributed by atoms with van der Waals surface area (Å²) in [5.74, 6) is -3.72. The first-order chi connectivity index (χ1) is 18.1. The molecular formula is C28H50N2O8. The topological polar surface area (TPSA) is 170 Å². The van der Waals surface area contributed by atoms with Crippen LogP contribution >= 0.6 is 0 Å². The SMILES string of the molecule is C[C@@H](CCCCNC(=O)CC[C@H](NC(=O)CCCCCCCCCCCCCCC(=O)O)C(=O)O)C(=O)O. The minimum atomic E-state index is -1.16. The number of nitrogens with one attached hydrogen (secondary N) is 2. The fourth-order valence-corrected chi connectivity index (χ4v) is 4.14. The van der Waals surface area contributed by atoms with E-state index in [1.54, 1.807) is 6.92 Å². The van der Waals surface area contributed by atoms with Gasteiger partial charge in [-0.3, -0.25) is 19.2 Å². The summed E-state index contributed by atoms with van der Waals surface area (Å²) < 4.78 is 0. The zero-order valence-corrected chi connectivity index (χ0v) is 23.2. The highest BCUT2D eigenvalue weighted by Crippen LogP contribution is 2.13. The molecule has 0 bridgehead atoms. The Balaban J connectivity index is 3.75. The molecule has 2 atom stereocenters. The van der Waals surface area contributed by atoms with Crippen molar-refractivity contribution in [3.05, 3.63) is 0 Å². The number of carboxylic acid groups (broad SMARTS) is 3. The number of unbranched alkanes of at least 4 members (excludes halogenated alkanes) is 12. The third-order valence-corrected chi connectivity index (χ3v) is 6.65. The Labute approximate surface area is 227 Å². The molecule has 0 rings (SSSR count). The van der Waals surface area contributed by atoms with E-state index in [4.69, 9.17) is 10.2 Å². The molecule has 0 aliphatic rings. The quantitative estimate of drug-likeness (QED) is 0.0962. The van der Waals surface area contributed by atoms with Crippen LogP contribution in [0.2, 0.25) is 0 Å². The van der Waals surface area contributed by atoms with E-state index < -0.39 is 29.9 Å². The van der Waals surface area contributed by atoms with Crippen LogP contribution in [0.4, 0.5) is 0 Å². The number of carbonyl (C=O) groups excluding carboxylic acids is 2. The minimum absolute atomic E-state index is 0.00645. The maximum Gasteiger partial charge on any atom is 0.326 e. The molecule has 0 aliphatic carbocycles. The minimum Gasteiger partial charge on any atom is -0.481 e. The van der Waals surface area contributed by atoms with Crippen LogP contribution in [0.1, 0.15) is 129 Å². The first-order valence-electron chi connectivity index (χ1n) is 14.4. The van der Waals surface area contributed by atoms with Crippen molar-refractivity contribution in [2.45, 2.75) is 135 Å². The van der Waals surface area contributed by atoms with Gasteiger partial charge in [-0.25, -0.2) is 4.79 Å². The monoisotopic (exact) mass is 542 g/mol. The van der Waals surface area contributed by atoms with Crippen LogP contribution in [0.3, 0.4) is 0 Å². The average molecular weight is 543 g/mol. The maximum absolute atomic E-state index is 12.1. The summed E-state index contributed by atoms with van der Waals surface area (Å²) in [6.45, 7) is 2.05. The molecule has 0 aromatic heterocycles. The van der Waals surface area contributed by atoms with Crippen LogP contribution in [-0.4, -0.2) is 57.6 Å².